The van der Waals surface area contributed by atoms with Crippen molar-refractivity contribution in [1.29, 1.82) is 0 Å². The Bertz CT molecular complexity index is 568. The molecule has 1 amide bonds. The summed E-state index contributed by atoms with van der Waals surface area (Å²) in [6.07, 6.45) is 4.12. The Morgan fingerprint density at radius 2 is 1.83 bits per heavy atom. The summed E-state index contributed by atoms with van der Waals surface area (Å²) >= 11 is 0. The predicted octanol–water partition coefficient (Wildman–Crippen LogP) is 2.27. The first-order valence-corrected chi connectivity index (χ1v) is 8.67. The predicted molar refractivity (Wildman–Crippen MR) is 86.6 cm³/mol. The number of rotatable bonds is 4. The fourth-order valence-electron chi connectivity index (χ4n) is 3.57. The monoisotopic (exact) mass is 338 g/mol. The first kappa shape index (κ1) is 17.3. The number of carbonyl (C=O) groups excluding carboxylic acids is 1. The highest BCUT2D eigenvalue weighted by Gasteiger charge is 2.27. The molecule has 1 aromatic rings. The molecular formula is C18H24F2N2O2. The summed E-state index contributed by atoms with van der Waals surface area (Å²) in [7, 11) is 0. The van der Waals surface area contributed by atoms with Gasteiger partial charge in [0.1, 0.15) is 0 Å². The van der Waals surface area contributed by atoms with E-state index in [1.54, 1.807) is 0 Å². The number of amides is 1. The second kappa shape index (κ2) is 8.03. The molecule has 1 aromatic carbocycles. The van der Waals surface area contributed by atoms with Gasteiger partial charge in [-0.15, -0.1) is 0 Å². The summed E-state index contributed by atoms with van der Waals surface area (Å²) in [5.41, 5.74) is 0.492. The van der Waals surface area contributed by atoms with Crippen LogP contribution in [-0.2, 0) is 16.0 Å². The topological polar surface area (TPSA) is 41.6 Å². The van der Waals surface area contributed by atoms with Gasteiger partial charge in [-0.1, -0.05) is 6.07 Å². The van der Waals surface area contributed by atoms with Crippen LogP contribution < -0.4 is 5.32 Å². The summed E-state index contributed by atoms with van der Waals surface area (Å²) in [5, 5.41) is 3.02. The largest absolute Gasteiger partial charge is 0.381 e. The van der Waals surface area contributed by atoms with Crippen LogP contribution in [0.25, 0.3) is 0 Å². The lowest BCUT2D eigenvalue weighted by Crippen LogP contribution is -2.49. The van der Waals surface area contributed by atoms with Crippen molar-refractivity contribution in [2.24, 2.45) is 0 Å². The van der Waals surface area contributed by atoms with Gasteiger partial charge in [-0.25, -0.2) is 8.78 Å². The van der Waals surface area contributed by atoms with Gasteiger partial charge in [0.15, 0.2) is 11.6 Å². The number of hydrogen-bond donors (Lipinski definition) is 1. The summed E-state index contributed by atoms with van der Waals surface area (Å²) in [6, 6.07) is 4.37. The number of likely N-dealkylation sites (tertiary alicyclic amines) is 1. The van der Waals surface area contributed by atoms with Crippen LogP contribution in [0.3, 0.4) is 0 Å². The zero-order valence-electron chi connectivity index (χ0n) is 13.8. The third-order valence-electron chi connectivity index (χ3n) is 4.95. The SMILES string of the molecule is O=C(Cc1ccc(F)c(F)c1)NC1CCN(C2CCOCC2)CC1. The van der Waals surface area contributed by atoms with Gasteiger partial charge in [0.2, 0.25) is 5.91 Å². The van der Waals surface area contributed by atoms with Crippen molar-refractivity contribution in [2.75, 3.05) is 26.3 Å². The molecule has 0 radical (unpaired) electrons. The molecule has 0 spiro atoms. The number of ether oxygens (including phenoxy) is 1. The van der Waals surface area contributed by atoms with E-state index in [0.29, 0.717) is 11.6 Å². The molecule has 0 atom stereocenters. The Kier molecular flexibility index (Phi) is 5.79. The zero-order valence-corrected chi connectivity index (χ0v) is 13.8. The van der Waals surface area contributed by atoms with Crippen LogP contribution in [0.5, 0.6) is 0 Å². The molecule has 2 aliphatic rings. The molecule has 2 fully saturated rings. The van der Waals surface area contributed by atoms with E-state index in [1.807, 2.05) is 0 Å². The zero-order chi connectivity index (χ0) is 16.9. The Balaban J connectivity index is 1.43. The van der Waals surface area contributed by atoms with Crippen LogP contribution in [0.4, 0.5) is 8.78 Å². The van der Waals surface area contributed by atoms with Crippen LogP contribution >= 0.6 is 0 Å². The van der Waals surface area contributed by atoms with E-state index in [0.717, 1.165) is 64.1 Å². The third kappa shape index (κ3) is 4.51. The number of piperidine rings is 1. The molecule has 6 heteroatoms. The molecule has 0 unspecified atom stereocenters. The van der Waals surface area contributed by atoms with Gasteiger partial charge >= 0.3 is 0 Å². The standard InChI is InChI=1S/C18H24F2N2O2/c19-16-2-1-13(11-17(16)20)12-18(23)21-14-3-7-22(8-4-14)15-5-9-24-10-6-15/h1-2,11,14-15H,3-10,12H2,(H,21,23). The summed E-state index contributed by atoms with van der Waals surface area (Å²) < 4.78 is 31.5. The minimum absolute atomic E-state index is 0.0807. The third-order valence-corrected chi connectivity index (χ3v) is 4.95. The Morgan fingerprint density at radius 1 is 1.12 bits per heavy atom. The lowest BCUT2D eigenvalue weighted by atomic mass is 9.99. The number of hydrogen-bond acceptors (Lipinski definition) is 3. The molecule has 0 bridgehead atoms. The average Bonchev–Trinajstić information content (AvgIpc) is 2.59. The highest BCUT2D eigenvalue weighted by molar-refractivity contribution is 5.78. The number of nitrogens with zero attached hydrogens (tertiary/aromatic N) is 1. The van der Waals surface area contributed by atoms with Gasteiger partial charge in [0, 0.05) is 38.4 Å². The van der Waals surface area contributed by atoms with Crippen LogP contribution in [-0.4, -0.2) is 49.2 Å². The maximum Gasteiger partial charge on any atom is 0.224 e. The summed E-state index contributed by atoms with van der Waals surface area (Å²) in [4.78, 5) is 14.6. The Morgan fingerprint density at radius 3 is 2.50 bits per heavy atom. The second-order valence-electron chi connectivity index (χ2n) is 6.65. The second-order valence-corrected chi connectivity index (χ2v) is 6.65. The van der Waals surface area contributed by atoms with Crippen LogP contribution in [0.15, 0.2) is 18.2 Å². The number of carbonyl (C=O) groups is 1. The van der Waals surface area contributed by atoms with Crippen molar-refractivity contribution in [3.63, 3.8) is 0 Å². The van der Waals surface area contributed by atoms with E-state index in [2.05, 4.69) is 10.2 Å². The number of benzene rings is 1. The van der Waals surface area contributed by atoms with Crippen LogP contribution in [0.2, 0.25) is 0 Å². The van der Waals surface area contributed by atoms with Gasteiger partial charge < -0.3 is 15.0 Å². The number of nitrogens with one attached hydrogen (secondary N) is 1. The highest BCUT2D eigenvalue weighted by atomic mass is 19.2. The van der Waals surface area contributed by atoms with E-state index < -0.39 is 11.6 Å². The van der Waals surface area contributed by atoms with Gasteiger partial charge in [-0.05, 0) is 43.4 Å². The minimum atomic E-state index is -0.912. The molecule has 0 aromatic heterocycles. The quantitative estimate of drug-likeness (QED) is 0.916. The van der Waals surface area contributed by atoms with Gasteiger partial charge in [-0.2, -0.15) is 0 Å². The van der Waals surface area contributed by atoms with Gasteiger partial charge in [-0.3, -0.25) is 4.79 Å². The molecule has 132 valence electrons. The molecule has 24 heavy (non-hydrogen) atoms. The van der Waals surface area contributed by atoms with Crippen molar-refractivity contribution in [2.45, 2.75) is 44.2 Å². The van der Waals surface area contributed by atoms with Crippen LogP contribution in [0, 0.1) is 11.6 Å². The molecule has 2 aliphatic heterocycles. The molecule has 2 heterocycles. The molecule has 3 rings (SSSR count). The van der Waals surface area contributed by atoms with Crippen molar-refractivity contribution >= 4 is 5.91 Å². The number of halogens is 2. The average molecular weight is 338 g/mol. The minimum Gasteiger partial charge on any atom is -0.381 e. The normalized spacial score (nSPS) is 20.9. The highest BCUT2D eigenvalue weighted by Crippen LogP contribution is 2.20. The first-order chi connectivity index (χ1) is 11.6. The van der Waals surface area contributed by atoms with E-state index in [-0.39, 0.29) is 18.4 Å². The van der Waals surface area contributed by atoms with Crippen LogP contribution in [0.1, 0.15) is 31.2 Å². The molecule has 0 aliphatic carbocycles. The fraction of sp³-hybridized carbons (Fsp3) is 0.611. The maximum absolute atomic E-state index is 13.2. The van der Waals surface area contributed by atoms with E-state index >= 15 is 0 Å². The molecule has 2 saturated heterocycles. The first-order valence-electron chi connectivity index (χ1n) is 8.67. The Labute approximate surface area is 141 Å². The molecular weight excluding hydrogens is 314 g/mol. The molecule has 4 nitrogen and oxygen atoms in total. The van der Waals surface area contributed by atoms with Gasteiger partial charge in [0.05, 0.1) is 6.42 Å². The van der Waals surface area contributed by atoms with E-state index in [4.69, 9.17) is 4.74 Å². The fourth-order valence-corrected chi connectivity index (χ4v) is 3.57. The van der Waals surface area contributed by atoms with Crippen molar-refractivity contribution < 1.29 is 18.3 Å². The van der Waals surface area contributed by atoms with Gasteiger partial charge in [0.25, 0.3) is 0 Å². The van der Waals surface area contributed by atoms with Crippen molar-refractivity contribution in [1.82, 2.24) is 10.2 Å². The molecule has 0 saturated carbocycles. The summed E-state index contributed by atoms with van der Waals surface area (Å²) in [5.74, 6) is -1.93. The van der Waals surface area contributed by atoms with Crippen molar-refractivity contribution in [3.8, 4) is 0 Å². The smallest absolute Gasteiger partial charge is 0.224 e. The van der Waals surface area contributed by atoms with E-state index in [9.17, 15) is 13.6 Å². The Hall–Kier alpha value is -1.53. The molecule has 1 N–H and O–H groups in total. The van der Waals surface area contributed by atoms with Crippen molar-refractivity contribution in [3.05, 3.63) is 35.4 Å². The lowest BCUT2D eigenvalue weighted by Gasteiger charge is -2.39. The lowest BCUT2D eigenvalue weighted by molar-refractivity contribution is -0.121. The summed E-state index contributed by atoms with van der Waals surface area (Å²) in [6.45, 7) is 3.66. The maximum atomic E-state index is 13.2. The van der Waals surface area contributed by atoms with E-state index in [1.165, 1.54) is 6.07 Å².